The largest absolute Gasteiger partial charge is 0.246 e. The molecular formula is C30H20N2. The van der Waals surface area contributed by atoms with Gasteiger partial charge in [0.2, 0.25) is 0 Å². The van der Waals surface area contributed by atoms with Crippen molar-refractivity contribution in [3.05, 3.63) is 120 Å². The number of pyridine rings is 2. The molecule has 2 heteroatoms. The van der Waals surface area contributed by atoms with Crippen LogP contribution in [0.15, 0.2) is 109 Å². The first-order valence-corrected chi connectivity index (χ1v) is 10.8. The Kier molecular flexibility index (Phi) is 4.47. The van der Waals surface area contributed by atoms with E-state index in [9.17, 15) is 0 Å². The predicted molar refractivity (Wildman–Crippen MR) is 135 cm³/mol. The number of benzene rings is 4. The average molecular weight is 409 g/mol. The van der Waals surface area contributed by atoms with Gasteiger partial charge in [-0.05, 0) is 46.2 Å². The van der Waals surface area contributed by atoms with Gasteiger partial charge in [-0.15, -0.1) is 0 Å². The molecule has 6 rings (SSSR count). The monoisotopic (exact) mass is 408 g/mol. The van der Waals surface area contributed by atoms with Gasteiger partial charge in [-0.3, -0.25) is 0 Å². The van der Waals surface area contributed by atoms with E-state index in [2.05, 4.69) is 97.1 Å². The van der Waals surface area contributed by atoms with Crippen LogP contribution in [0, 0.1) is 0 Å². The molecule has 2 aromatic heterocycles. The average Bonchev–Trinajstić information content (AvgIpc) is 2.87. The molecule has 0 aliphatic heterocycles. The Morgan fingerprint density at radius 2 is 1.22 bits per heavy atom. The molecule has 0 unspecified atom stereocenters. The smallest absolute Gasteiger partial charge is 0.0900 e. The first-order chi connectivity index (χ1) is 15.8. The lowest BCUT2D eigenvalue weighted by Crippen LogP contribution is -1.93. The van der Waals surface area contributed by atoms with Gasteiger partial charge in [0.15, 0.2) is 0 Å². The van der Waals surface area contributed by atoms with Crippen LogP contribution in [0.5, 0.6) is 0 Å². The van der Waals surface area contributed by atoms with E-state index in [1.165, 1.54) is 21.7 Å². The van der Waals surface area contributed by atoms with Crippen molar-refractivity contribution in [2.75, 3.05) is 0 Å². The molecule has 0 amide bonds. The summed E-state index contributed by atoms with van der Waals surface area (Å²) in [5.41, 5.74) is 6.03. The molecule has 2 heterocycles. The van der Waals surface area contributed by atoms with Crippen LogP contribution in [0.2, 0.25) is 0 Å². The third-order valence-corrected chi connectivity index (χ3v) is 5.84. The molecule has 6 aromatic rings. The Morgan fingerprint density at radius 3 is 2.12 bits per heavy atom. The molecule has 0 fully saturated rings. The summed E-state index contributed by atoms with van der Waals surface area (Å²) in [5.74, 6) is 0. The SMILES string of the molecule is C(=Cc1cc(-c2ccc3ccccc3n2)nc2ccc3ccccc3c12)c1ccccc1. The van der Waals surface area contributed by atoms with Gasteiger partial charge in [-0.2, -0.15) is 0 Å². The minimum atomic E-state index is 0.881. The maximum Gasteiger partial charge on any atom is 0.0900 e. The summed E-state index contributed by atoms with van der Waals surface area (Å²) in [5, 5.41) is 4.73. The predicted octanol–water partition coefficient (Wildman–Crippen LogP) is 7.77. The Hall–Kier alpha value is -4.30. The van der Waals surface area contributed by atoms with Crippen LogP contribution in [0.25, 0.3) is 56.1 Å². The summed E-state index contributed by atoms with van der Waals surface area (Å²) in [7, 11) is 0. The van der Waals surface area contributed by atoms with Crippen molar-refractivity contribution in [3.8, 4) is 11.4 Å². The summed E-state index contributed by atoms with van der Waals surface area (Å²) < 4.78 is 0. The third kappa shape index (κ3) is 3.32. The van der Waals surface area contributed by atoms with Crippen molar-refractivity contribution in [2.45, 2.75) is 0 Å². The Bertz CT molecular complexity index is 1620. The molecular weight excluding hydrogens is 388 g/mol. The number of rotatable bonds is 3. The van der Waals surface area contributed by atoms with Gasteiger partial charge < -0.3 is 0 Å². The molecule has 4 aromatic carbocycles. The van der Waals surface area contributed by atoms with Crippen LogP contribution in [0.4, 0.5) is 0 Å². The lowest BCUT2D eigenvalue weighted by molar-refractivity contribution is 1.32. The second kappa shape index (κ2) is 7.75. The summed E-state index contributed by atoms with van der Waals surface area (Å²) in [6.07, 6.45) is 4.35. The standard InChI is InChI=1S/C30H20N2/c1-2-8-21(9-3-1)14-15-24-20-29(27-18-17-23-11-5-7-13-26(23)31-27)32-28-19-16-22-10-4-6-12-25(22)30(24)28/h1-20H. The highest BCUT2D eigenvalue weighted by atomic mass is 14.8. The molecule has 2 nitrogen and oxygen atoms in total. The van der Waals surface area contributed by atoms with E-state index in [1.807, 2.05) is 24.3 Å². The summed E-state index contributed by atoms with van der Waals surface area (Å²) >= 11 is 0. The van der Waals surface area contributed by atoms with Gasteiger partial charge in [0.1, 0.15) is 0 Å². The summed E-state index contributed by atoms with van der Waals surface area (Å²) in [4.78, 5) is 9.91. The highest BCUT2D eigenvalue weighted by Crippen LogP contribution is 2.32. The molecule has 0 saturated carbocycles. The van der Waals surface area contributed by atoms with E-state index >= 15 is 0 Å². The van der Waals surface area contributed by atoms with E-state index in [1.54, 1.807) is 0 Å². The Labute approximate surface area is 186 Å². The number of hydrogen-bond donors (Lipinski definition) is 0. The highest BCUT2D eigenvalue weighted by Gasteiger charge is 2.11. The van der Waals surface area contributed by atoms with Gasteiger partial charge in [-0.1, -0.05) is 97.1 Å². The first kappa shape index (κ1) is 18.5. The maximum absolute atomic E-state index is 5.02. The van der Waals surface area contributed by atoms with Gasteiger partial charge in [-0.25, -0.2) is 9.97 Å². The Balaban J connectivity index is 1.60. The van der Waals surface area contributed by atoms with Crippen LogP contribution < -0.4 is 0 Å². The van der Waals surface area contributed by atoms with Crippen molar-refractivity contribution in [1.82, 2.24) is 9.97 Å². The second-order valence-electron chi connectivity index (χ2n) is 7.91. The quantitative estimate of drug-likeness (QED) is 0.279. The summed E-state index contributed by atoms with van der Waals surface area (Å²) in [6, 6.07) is 37.7. The van der Waals surface area contributed by atoms with Crippen molar-refractivity contribution in [3.63, 3.8) is 0 Å². The fraction of sp³-hybridized carbons (Fsp3) is 0. The molecule has 0 spiro atoms. The first-order valence-electron chi connectivity index (χ1n) is 10.8. The molecule has 0 aliphatic rings. The minimum absolute atomic E-state index is 0.881. The van der Waals surface area contributed by atoms with Crippen LogP contribution in [-0.4, -0.2) is 9.97 Å². The molecule has 0 atom stereocenters. The molecule has 0 N–H and O–H groups in total. The number of hydrogen-bond acceptors (Lipinski definition) is 2. The minimum Gasteiger partial charge on any atom is -0.246 e. The topological polar surface area (TPSA) is 25.8 Å². The van der Waals surface area contributed by atoms with Gasteiger partial charge in [0, 0.05) is 10.8 Å². The zero-order chi connectivity index (χ0) is 21.3. The molecule has 32 heavy (non-hydrogen) atoms. The highest BCUT2D eigenvalue weighted by molar-refractivity contribution is 6.11. The number of aromatic nitrogens is 2. The van der Waals surface area contributed by atoms with E-state index in [0.29, 0.717) is 0 Å². The van der Waals surface area contributed by atoms with E-state index in [-0.39, 0.29) is 0 Å². The molecule has 0 aliphatic carbocycles. The van der Waals surface area contributed by atoms with Crippen LogP contribution in [0.3, 0.4) is 0 Å². The van der Waals surface area contributed by atoms with Crippen LogP contribution in [-0.2, 0) is 0 Å². The number of fused-ring (bicyclic) bond motifs is 4. The van der Waals surface area contributed by atoms with Crippen LogP contribution >= 0.6 is 0 Å². The van der Waals surface area contributed by atoms with Crippen LogP contribution in [0.1, 0.15) is 11.1 Å². The molecule has 0 bridgehead atoms. The van der Waals surface area contributed by atoms with Gasteiger partial charge >= 0.3 is 0 Å². The zero-order valence-corrected chi connectivity index (χ0v) is 17.4. The van der Waals surface area contributed by atoms with Gasteiger partial charge in [0.25, 0.3) is 0 Å². The maximum atomic E-state index is 5.02. The third-order valence-electron chi connectivity index (χ3n) is 5.84. The summed E-state index contributed by atoms with van der Waals surface area (Å²) in [6.45, 7) is 0. The van der Waals surface area contributed by atoms with E-state index < -0.39 is 0 Å². The van der Waals surface area contributed by atoms with Crippen molar-refractivity contribution in [2.24, 2.45) is 0 Å². The van der Waals surface area contributed by atoms with Crippen molar-refractivity contribution in [1.29, 1.82) is 0 Å². The van der Waals surface area contributed by atoms with E-state index in [0.717, 1.165) is 33.4 Å². The number of nitrogens with zero attached hydrogens (tertiary/aromatic N) is 2. The zero-order valence-electron chi connectivity index (χ0n) is 17.4. The molecule has 0 radical (unpaired) electrons. The molecule has 150 valence electrons. The van der Waals surface area contributed by atoms with Crippen molar-refractivity contribution >= 4 is 44.7 Å². The second-order valence-corrected chi connectivity index (χ2v) is 7.91. The molecule has 0 saturated heterocycles. The fourth-order valence-electron chi connectivity index (χ4n) is 4.26. The van der Waals surface area contributed by atoms with Crippen molar-refractivity contribution < 1.29 is 0 Å². The number of para-hydroxylation sites is 1. The Morgan fingerprint density at radius 1 is 0.500 bits per heavy atom. The fourth-order valence-corrected chi connectivity index (χ4v) is 4.26. The van der Waals surface area contributed by atoms with E-state index in [4.69, 9.17) is 9.97 Å². The normalized spacial score (nSPS) is 11.6. The lowest BCUT2D eigenvalue weighted by atomic mass is 9.98. The lowest BCUT2D eigenvalue weighted by Gasteiger charge is -2.10. The van der Waals surface area contributed by atoms with Gasteiger partial charge in [0.05, 0.1) is 22.4 Å².